The van der Waals surface area contributed by atoms with Gasteiger partial charge in [-0.1, -0.05) is 36.0 Å². The Balaban J connectivity index is 1.59. The van der Waals surface area contributed by atoms with E-state index in [2.05, 4.69) is 0 Å². The van der Waals surface area contributed by atoms with Crippen molar-refractivity contribution in [2.24, 2.45) is 0 Å². The first-order valence-corrected chi connectivity index (χ1v) is 9.38. The highest BCUT2D eigenvalue weighted by atomic mass is 32.2. The molecule has 4 rings (SSSR count). The second-order valence-corrected chi connectivity index (χ2v) is 7.02. The Morgan fingerprint density at radius 2 is 1.96 bits per heavy atom. The minimum Gasteiger partial charge on any atom is -0.462 e. The summed E-state index contributed by atoms with van der Waals surface area (Å²) in [6.07, 6.45) is 1.76. The van der Waals surface area contributed by atoms with Crippen molar-refractivity contribution >= 4 is 29.6 Å². The molecule has 1 aliphatic heterocycles. The maximum absolute atomic E-state index is 12.5. The summed E-state index contributed by atoms with van der Waals surface area (Å²) in [5.74, 6) is 0.868. The smallest absolute Gasteiger partial charge is 0.338 e. The van der Waals surface area contributed by atoms with Gasteiger partial charge in [-0.2, -0.15) is 0 Å². The minimum absolute atomic E-state index is 0.0119. The molecule has 27 heavy (non-hydrogen) atoms. The molecule has 0 atom stereocenters. The lowest BCUT2D eigenvalue weighted by molar-refractivity contribution is 0.0526. The number of allylic oxidation sites excluding steroid dienone is 1. The van der Waals surface area contributed by atoms with Gasteiger partial charge in [0.05, 0.1) is 17.1 Å². The van der Waals surface area contributed by atoms with Crippen LogP contribution in [0.2, 0.25) is 0 Å². The zero-order valence-corrected chi connectivity index (χ0v) is 15.4. The van der Waals surface area contributed by atoms with Gasteiger partial charge in [-0.3, -0.25) is 4.79 Å². The molecule has 4 nitrogen and oxygen atoms in total. The number of fused-ring (bicyclic) bond motifs is 1. The highest BCUT2D eigenvalue weighted by Gasteiger charge is 2.25. The number of Topliss-reactive ketones (excluding diaryl/α,β-unsaturated/α-hetero) is 1. The van der Waals surface area contributed by atoms with E-state index in [4.69, 9.17) is 9.15 Å². The second-order valence-electron chi connectivity index (χ2n) is 5.94. The number of hydrogen-bond acceptors (Lipinski definition) is 5. The summed E-state index contributed by atoms with van der Waals surface area (Å²) in [5, 5.41) is 0. The molecule has 1 aromatic heterocycles. The van der Waals surface area contributed by atoms with Crippen molar-refractivity contribution in [3.8, 4) is 11.3 Å². The Hall–Kier alpha value is -3.05. The number of thioether (sulfide) groups is 1. The van der Waals surface area contributed by atoms with E-state index in [1.165, 1.54) is 11.8 Å². The first-order valence-electron chi connectivity index (χ1n) is 8.56. The van der Waals surface area contributed by atoms with Crippen LogP contribution in [0.1, 0.15) is 33.4 Å². The Labute approximate surface area is 160 Å². The fourth-order valence-corrected chi connectivity index (χ4v) is 3.90. The van der Waals surface area contributed by atoms with E-state index in [0.717, 1.165) is 16.0 Å². The van der Waals surface area contributed by atoms with Gasteiger partial charge in [0, 0.05) is 16.0 Å². The lowest BCUT2D eigenvalue weighted by atomic mass is 10.1. The zero-order chi connectivity index (χ0) is 18.8. The summed E-state index contributed by atoms with van der Waals surface area (Å²) < 4.78 is 10.9. The first-order chi connectivity index (χ1) is 13.2. The van der Waals surface area contributed by atoms with Gasteiger partial charge in [0.15, 0.2) is 0 Å². The van der Waals surface area contributed by atoms with Crippen molar-refractivity contribution in [1.82, 2.24) is 0 Å². The number of furan rings is 1. The molecule has 0 radical (unpaired) electrons. The van der Waals surface area contributed by atoms with Gasteiger partial charge < -0.3 is 9.15 Å². The third-order valence-electron chi connectivity index (χ3n) is 4.13. The number of ether oxygens (including phenoxy) is 1. The molecule has 0 saturated heterocycles. The van der Waals surface area contributed by atoms with Gasteiger partial charge in [0.25, 0.3) is 0 Å². The summed E-state index contributed by atoms with van der Waals surface area (Å²) in [6.45, 7) is 2.10. The van der Waals surface area contributed by atoms with Gasteiger partial charge in [-0.15, -0.1) is 0 Å². The topological polar surface area (TPSA) is 56.5 Å². The average molecular weight is 376 g/mol. The molecule has 134 valence electrons. The number of rotatable bonds is 4. The number of carbonyl (C=O) groups is 2. The van der Waals surface area contributed by atoms with Crippen LogP contribution in [-0.2, 0) is 4.74 Å². The molecule has 0 spiro atoms. The fourth-order valence-electron chi connectivity index (χ4n) is 2.86. The number of carbonyl (C=O) groups excluding carboxylic acids is 2. The van der Waals surface area contributed by atoms with Crippen LogP contribution in [0.15, 0.2) is 74.9 Å². The van der Waals surface area contributed by atoms with Crippen LogP contribution >= 0.6 is 11.8 Å². The molecule has 0 N–H and O–H groups in total. The van der Waals surface area contributed by atoms with E-state index in [1.54, 1.807) is 31.2 Å². The Bertz CT molecular complexity index is 1060. The maximum atomic E-state index is 12.5. The van der Waals surface area contributed by atoms with Gasteiger partial charge in [0.1, 0.15) is 11.5 Å². The molecule has 3 aromatic rings. The molecule has 0 fully saturated rings. The van der Waals surface area contributed by atoms with Crippen molar-refractivity contribution in [2.75, 3.05) is 6.61 Å². The van der Waals surface area contributed by atoms with Crippen molar-refractivity contribution in [2.45, 2.75) is 11.8 Å². The van der Waals surface area contributed by atoms with Gasteiger partial charge >= 0.3 is 5.97 Å². The van der Waals surface area contributed by atoms with Crippen LogP contribution in [0.25, 0.3) is 17.4 Å². The van der Waals surface area contributed by atoms with E-state index in [9.17, 15) is 9.59 Å². The summed E-state index contributed by atoms with van der Waals surface area (Å²) in [7, 11) is 0. The Morgan fingerprint density at radius 1 is 1.11 bits per heavy atom. The molecule has 0 aliphatic carbocycles. The average Bonchev–Trinajstić information content (AvgIpc) is 3.28. The van der Waals surface area contributed by atoms with E-state index < -0.39 is 0 Å². The van der Waals surface area contributed by atoms with Gasteiger partial charge in [-0.05, 0) is 49.4 Å². The standard InChI is InChI=1S/C22H16O4S/c1-2-25-22(24)15-7-5-6-14(12-15)18-11-10-16(26-18)13-20-21(23)17-8-3-4-9-19(17)27-20/h3-13H,2H2,1H3/b20-13-. The zero-order valence-electron chi connectivity index (χ0n) is 14.6. The molecule has 0 bridgehead atoms. The van der Waals surface area contributed by atoms with Crippen molar-refractivity contribution < 1.29 is 18.7 Å². The molecule has 2 aromatic carbocycles. The predicted molar refractivity (Wildman–Crippen MR) is 105 cm³/mol. The van der Waals surface area contributed by atoms with E-state index >= 15 is 0 Å². The SMILES string of the molecule is CCOC(=O)c1cccc(-c2ccc(/C=C3\Sc4ccccc4C3=O)o2)c1. The van der Waals surface area contributed by atoms with Crippen LogP contribution in [-0.4, -0.2) is 18.4 Å². The molecule has 0 saturated carbocycles. The molecule has 5 heteroatoms. The highest BCUT2D eigenvalue weighted by molar-refractivity contribution is 8.04. The van der Waals surface area contributed by atoms with Crippen molar-refractivity contribution in [3.05, 3.63) is 82.5 Å². The maximum Gasteiger partial charge on any atom is 0.338 e. The van der Waals surface area contributed by atoms with E-state index in [0.29, 0.717) is 28.6 Å². The second kappa shape index (κ2) is 7.29. The van der Waals surface area contributed by atoms with Crippen LogP contribution in [0.5, 0.6) is 0 Å². The summed E-state index contributed by atoms with van der Waals surface area (Å²) in [5.41, 5.74) is 1.98. The number of ketones is 1. The van der Waals surface area contributed by atoms with Gasteiger partial charge in [0.2, 0.25) is 5.78 Å². The third-order valence-corrected chi connectivity index (χ3v) is 5.23. The molecular formula is C22H16O4S. The Morgan fingerprint density at radius 3 is 2.78 bits per heavy atom. The molecule has 1 aliphatic rings. The number of hydrogen-bond donors (Lipinski definition) is 0. The minimum atomic E-state index is -0.362. The quantitative estimate of drug-likeness (QED) is 0.447. The van der Waals surface area contributed by atoms with Crippen LogP contribution in [0.3, 0.4) is 0 Å². The largest absolute Gasteiger partial charge is 0.462 e. The number of esters is 1. The first kappa shape index (κ1) is 17.4. The summed E-state index contributed by atoms with van der Waals surface area (Å²) in [6, 6.07) is 18.3. The predicted octanol–water partition coefficient (Wildman–Crippen LogP) is 5.45. The Kier molecular flexibility index (Phi) is 4.69. The monoisotopic (exact) mass is 376 g/mol. The third kappa shape index (κ3) is 3.46. The normalized spacial score (nSPS) is 14.4. The van der Waals surface area contributed by atoms with Crippen LogP contribution in [0, 0.1) is 0 Å². The van der Waals surface area contributed by atoms with Gasteiger partial charge in [-0.25, -0.2) is 4.79 Å². The molecule has 0 unspecified atom stereocenters. The van der Waals surface area contributed by atoms with Crippen LogP contribution in [0.4, 0.5) is 0 Å². The van der Waals surface area contributed by atoms with E-state index in [-0.39, 0.29) is 11.8 Å². The number of benzene rings is 2. The lowest BCUT2D eigenvalue weighted by Gasteiger charge is -2.03. The molecule has 2 heterocycles. The van der Waals surface area contributed by atoms with E-state index in [1.807, 2.05) is 42.5 Å². The summed E-state index contributed by atoms with van der Waals surface area (Å²) >= 11 is 1.45. The fraction of sp³-hybridized carbons (Fsp3) is 0.0909. The molecule has 0 amide bonds. The van der Waals surface area contributed by atoms with Crippen LogP contribution < -0.4 is 0 Å². The van der Waals surface area contributed by atoms with Crippen molar-refractivity contribution in [3.63, 3.8) is 0 Å². The lowest BCUT2D eigenvalue weighted by Crippen LogP contribution is -2.04. The molecular weight excluding hydrogens is 360 g/mol. The van der Waals surface area contributed by atoms with Crippen molar-refractivity contribution in [1.29, 1.82) is 0 Å². The summed E-state index contributed by atoms with van der Waals surface area (Å²) in [4.78, 5) is 26.0. The highest BCUT2D eigenvalue weighted by Crippen LogP contribution is 2.40.